The molecule has 2 fully saturated rings. The molecule has 1 aromatic heterocycles. The van der Waals surface area contributed by atoms with Crippen LogP contribution in [0.1, 0.15) is 48.9 Å². The monoisotopic (exact) mass is 338 g/mol. The van der Waals surface area contributed by atoms with Crippen LogP contribution in [0.25, 0.3) is 10.9 Å². The standard InChI is InChI=1S/C20H22N2O3/c23-18-10-4-2-7-14(18)17-9-5-11-22(17)20(25)15-12-19(24)21-16-8-3-1-6-13(15)16/h1,3,6,8,12,14,17H,2,4-5,7,9-11H2,(H,21,24)/t14-,17+/m0/s1. The van der Waals surface area contributed by atoms with Gasteiger partial charge in [-0.25, -0.2) is 0 Å². The van der Waals surface area contributed by atoms with E-state index >= 15 is 0 Å². The number of pyridine rings is 1. The number of aromatic nitrogens is 1. The summed E-state index contributed by atoms with van der Waals surface area (Å²) in [7, 11) is 0. The highest BCUT2D eigenvalue weighted by Crippen LogP contribution is 2.33. The number of nitrogens with one attached hydrogen (secondary N) is 1. The number of carbonyl (C=O) groups is 2. The summed E-state index contributed by atoms with van der Waals surface area (Å²) in [6.07, 6.45) is 5.34. The van der Waals surface area contributed by atoms with Gasteiger partial charge in [-0.2, -0.15) is 0 Å². The van der Waals surface area contributed by atoms with Crippen LogP contribution < -0.4 is 5.56 Å². The van der Waals surface area contributed by atoms with Crippen molar-refractivity contribution in [2.75, 3.05) is 6.54 Å². The Bertz CT molecular complexity index is 886. The SMILES string of the molecule is O=C1CCCC[C@H]1[C@H]1CCCN1C(=O)c1cc(=O)[nH]c2ccccc12. The molecule has 25 heavy (non-hydrogen) atoms. The van der Waals surface area contributed by atoms with E-state index in [1.54, 1.807) is 6.07 Å². The van der Waals surface area contributed by atoms with Crippen LogP contribution in [0.5, 0.6) is 0 Å². The maximum absolute atomic E-state index is 13.2. The number of fused-ring (bicyclic) bond motifs is 1. The number of rotatable bonds is 2. The Kier molecular flexibility index (Phi) is 4.15. The Balaban J connectivity index is 1.71. The summed E-state index contributed by atoms with van der Waals surface area (Å²) in [5, 5.41) is 0.757. The molecule has 1 aliphatic carbocycles. The molecule has 130 valence electrons. The van der Waals surface area contributed by atoms with Crippen LogP contribution >= 0.6 is 0 Å². The van der Waals surface area contributed by atoms with E-state index in [1.165, 1.54) is 6.07 Å². The Morgan fingerprint density at radius 1 is 1.08 bits per heavy atom. The zero-order chi connectivity index (χ0) is 17.4. The van der Waals surface area contributed by atoms with Crippen LogP contribution in [0.15, 0.2) is 35.1 Å². The minimum atomic E-state index is -0.272. The van der Waals surface area contributed by atoms with Gasteiger partial charge in [-0.15, -0.1) is 0 Å². The van der Waals surface area contributed by atoms with Gasteiger partial charge >= 0.3 is 0 Å². The molecule has 5 heteroatoms. The Morgan fingerprint density at radius 3 is 2.76 bits per heavy atom. The number of Topliss-reactive ketones (excluding diaryl/α,β-unsaturated/α-hetero) is 1. The van der Waals surface area contributed by atoms with Crippen LogP contribution in [-0.4, -0.2) is 34.2 Å². The van der Waals surface area contributed by atoms with Crippen molar-refractivity contribution in [3.8, 4) is 0 Å². The molecule has 1 saturated heterocycles. The lowest BCUT2D eigenvalue weighted by molar-refractivity contribution is -0.126. The fourth-order valence-corrected chi connectivity index (χ4v) is 4.42. The molecular formula is C20H22N2O3. The predicted molar refractivity (Wildman–Crippen MR) is 95.6 cm³/mol. The summed E-state index contributed by atoms with van der Waals surface area (Å²) in [6, 6.07) is 8.74. The van der Waals surface area contributed by atoms with Crippen molar-refractivity contribution in [3.05, 3.63) is 46.2 Å². The number of nitrogens with zero attached hydrogens (tertiary/aromatic N) is 1. The highest BCUT2D eigenvalue weighted by atomic mass is 16.2. The molecule has 0 unspecified atom stereocenters. The molecule has 5 nitrogen and oxygen atoms in total. The van der Waals surface area contributed by atoms with Gasteiger partial charge in [0.15, 0.2) is 0 Å². The largest absolute Gasteiger partial charge is 0.335 e. The molecule has 4 rings (SSSR count). The van der Waals surface area contributed by atoms with E-state index in [2.05, 4.69) is 4.98 Å². The third-order valence-corrected chi connectivity index (χ3v) is 5.61. The smallest absolute Gasteiger partial charge is 0.255 e. The van der Waals surface area contributed by atoms with Crippen molar-refractivity contribution < 1.29 is 9.59 Å². The molecule has 0 bridgehead atoms. The molecule has 2 aliphatic rings. The third kappa shape index (κ3) is 2.88. The summed E-state index contributed by atoms with van der Waals surface area (Å²) in [5.74, 6) is 0.142. The number of para-hydroxylation sites is 1. The van der Waals surface area contributed by atoms with E-state index in [4.69, 9.17) is 0 Å². The number of hydrogen-bond donors (Lipinski definition) is 1. The Morgan fingerprint density at radius 2 is 1.92 bits per heavy atom. The van der Waals surface area contributed by atoms with Gasteiger partial charge in [0.25, 0.3) is 5.91 Å². The van der Waals surface area contributed by atoms with Gasteiger partial charge in [0, 0.05) is 41.9 Å². The first-order chi connectivity index (χ1) is 12.1. The van der Waals surface area contributed by atoms with E-state index in [1.807, 2.05) is 23.1 Å². The minimum Gasteiger partial charge on any atom is -0.335 e. The van der Waals surface area contributed by atoms with Crippen LogP contribution in [0.4, 0.5) is 0 Å². The second kappa shape index (κ2) is 6.47. The summed E-state index contributed by atoms with van der Waals surface area (Å²) in [5.41, 5.74) is 0.837. The maximum Gasteiger partial charge on any atom is 0.255 e. The Hall–Kier alpha value is -2.43. The molecule has 1 amide bonds. The van der Waals surface area contributed by atoms with E-state index in [0.717, 1.165) is 37.5 Å². The average molecular weight is 338 g/mol. The van der Waals surface area contributed by atoms with Gasteiger partial charge in [0.2, 0.25) is 5.56 Å². The first-order valence-electron chi connectivity index (χ1n) is 9.11. The number of likely N-dealkylation sites (tertiary alicyclic amines) is 1. The number of amides is 1. The van der Waals surface area contributed by atoms with Crippen LogP contribution in [0, 0.1) is 5.92 Å². The van der Waals surface area contributed by atoms with E-state index < -0.39 is 0 Å². The fraction of sp³-hybridized carbons (Fsp3) is 0.450. The first kappa shape index (κ1) is 16.1. The molecule has 0 radical (unpaired) electrons. The predicted octanol–water partition coefficient (Wildman–Crippen LogP) is 2.89. The number of ketones is 1. The van der Waals surface area contributed by atoms with E-state index in [9.17, 15) is 14.4 Å². The second-order valence-corrected chi connectivity index (χ2v) is 7.12. The average Bonchev–Trinajstić information content (AvgIpc) is 3.10. The van der Waals surface area contributed by atoms with E-state index in [-0.39, 0.29) is 23.4 Å². The zero-order valence-corrected chi connectivity index (χ0v) is 14.2. The molecule has 2 heterocycles. The highest BCUT2D eigenvalue weighted by Gasteiger charge is 2.39. The van der Waals surface area contributed by atoms with E-state index in [0.29, 0.717) is 29.8 Å². The Labute approximate surface area is 146 Å². The van der Waals surface area contributed by atoms with Crippen LogP contribution in [-0.2, 0) is 4.79 Å². The molecular weight excluding hydrogens is 316 g/mol. The number of carbonyl (C=O) groups excluding carboxylic acids is 2. The van der Waals surface area contributed by atoms with Gasteiger partial charge in [-0.3, -0.25) is 14.4 Å². The lowest BCUT2D eigenvalue weighted by Crippen LogP contribution is -2.44. The van der Waals surface area contributed by atoms with Crippen molar-refractivity contribution >= 4 is 22.6 Å². The normalized spacial score (nSPS) is 24.0. The molecule has 2 aromatic rings. The van der Waals surface area contributed by atoms with Crippen LogP contribution in [0.3, 0.4) is 0 Å². The molecule has 1 aliphatic heterocycles. The maximum atomic E-state index is 13.2. The quantitative estimate of drug-likeness (QED) is 0.915. The molecule has 1 N–H and O–H groups in total. The van der Waals surface area contributed by atoms with Gasteiger partial charge in [-0.1, -0.05) is 24.6 Å². The summed E-state index contributed by atoms with van der Waals surface area (Å²) < 4.78 is 0. The minimum absolute atomic E-state index is 0.0154. The number of benzene rings is 1. The van der Waals surface area contributed by atoms with Crippen molar-refractivity contribution in [1.82, 2.24) is 9.88 Å². The second-order valence-electron chi connectivity index (χ2n) is 7.12. The van der Waals surface area contributed by atoms with Gasteiger partial charge in [-0.05, 0) is 31.7 Å². The topological polar surface area (TPSA) is 70.2 Å². The fourth-order valence-electron chi connectivity index (χ4n) is 4.42. The number of H-pyrrole nitrogens is 1. The number of aromatic amines is 1. The molecule has 0 spiro atoms. The van der Waals surface area contributed by atoms with Crippen molar-refractivity contribution in [2.45, 2.75) is 44.6 Å². The van der Waals surface area contributed by atoms with Gasteiger partial charge < -0.3 is 9.88 Å². The van der Waals surface area contributed by atoms with Crippen molar-refractivity contribution in [1.29, 1.82) is 0 Å². The summed E-state index contributed by atoms with van der Waals surface area (Å²) in [4.78, 5) is 42.2. The lowest BCUT2D eigenvalue weighted by Gasteiger charge is -2.33. The lowest BCUT2D eigenvalue weighted by atomic mass is 9.81. The molecule has 2 atom stereocenters. The van der Waals surface area contributed by atoms with Crippen molar-refractivity contribution in [2.24, 2.45) is 5.92 Å². The van der Waals surface area contributed by atoms with Gasteiger partial charge in [0.1, 0.15) is 5.78 Å². The molecule has 1 aromatic carbocycles. The summed E-state index contributed by atoms with van der Waals surface area (Å²) >= 11 is 0. The third-order valence-electron chi connectivity index (χ3n) is 5.61. The highest BCUT2D eigenvalue weighted by molar-refractivity contribution is 6.06. The molecule has 1 saturated carbocycles. The first-order valence-corrected chi connectivity index (χ1v) is 9.11. The zero-order valence-electron chi connectivity index (χ0n) is 14.2. The number of hydrogen-bond acceptors (Lipinski definition) is 3. The summed E-state index contributed by atoms with van der Waals surface area (Å²) in [6.45, 7) is 0.661. The van der Waals surface area contributed by atoms with Crippen LogP contribution in [0.2, 0.25) is 0 Å². The van der Waals surface area contributed by atoms with Crippen molar-refractivity contribution in [3.63, 3.8) is 0 Å². The van der Waals surface area contributed by atoms with Gasteiger partial charge in [0.05, 0.1) is 5.56 Å².